The van der Waals surface area contributed by atoms with Gasteiger partial charge in [-0.15, -0.1) is 0 Å². The summed E-state index contributed by atoms with van der Waals surface area (Å²) >= 11 is 0. The molecule has 1 aliphatic heterocycles. The zero-order valence-electron chi connectivity index (χ0n) is 15.3. The zero-order valence-corrected chi connectivity index (χ0v) is 15.3. The Kier molecular flexibility index (Phi) is 6.57. The first kappa shape index (κ1) is 19.7. The van der Waals surface area contributed by atoms with Gasteiger partial charge < -0.3 is 26.0 Å². The van der Waals surface area contributed by atoms with Gasteiger partial charge in [-0.3, -0.25) is 14.4 Å². The van der Waals surface area contributed by atoms with Crippen LogP contribution in [0.25, 0.3) is 0 Å². The molecule has 1 saturated heterocycles. The molecule has 1 unspecified atom stereocenters. The molecule has 3 amide bonds. The Labute approximate surface area is 153 Å². The topological polar surface area (TPSA) is 114 Å². The van der Waals surface area contributed by atoms with Gasteiger partial charge in [0.05, 0.1) is 25.4 Å². The number of para-hydroxylation sites is 2. The van der Waals surface area contributed by atoms with Crippen LogP contribution in [-0.4, -0.2) is 50.0 Å². The van der Waals surface area contributed by atoms with Crippen LogP contribution in [-0.2, 0) is 14.4 Å². The molecule has 1 heterocycles. The Morgan fingerprint density at radius 1 is 1.35 bits per heavy atom. The van der Waals surface area contributed by atoms with Gasteiger partial charge in [0.25, 0.3) is 0 Å². The van der Waals surface area contributed by atoms with E-state index in [9.17, 15) is 14.4 Å². The van der Waals surface area contributed by atoms with Crippen molar-refractivity contribution in [3.63, 3.8) is 0 Å². The number of ether oxygens (including phenoxy) is 1. The first-order valence-corrected chi connectivity index (χ1v) is 8.62. The largest absolute Gasteiger partial charge is 0.495 e. The van der Waals surface area contributed by atoms with E-state index in [2.05, 4.69) is 10.6 Å². The summed E-state index contributed by atoms with van der Waals surface area (Å²) in [7, 11) is 1.54. The number of anilines is 1. The predicted octanol–water partition coefficient (Wildman–Crippen LogP) is 0.0162. The minimum Gasteiger partial charge on any atom is -0.495 e. The molecule has 2 atom stereocenters. The molecule has 2 rings (SSSR count). The average Bonchev–Trinajstić information content (AvgIpc) is 2.99. The standard InChI is InChI=1S/C18H26N4O4/c1-11(2)16(19)17(24)20-10-15(23)21-12-8-9-22(18(12)25)13-6-4-5-7-14(13)26-3/h4-7,11-12,16H,8-10,19H2,1-3H3,(H,20,24)(H,21,23)/t12?,16-/m0/s1. The van der Waals surface area contributed by atoms with E-state index < -0.39 is 18.0 Å². The summed E-state index contributed by atoms with van der Waals surface area (Å²) < 4.78 is 5.29. The maximum absolute atomic E-state index is 12.6. The smallest absolute Gasteiger partial charge is 0.249 e. The molecule has 0 saturated carbocycles. The van der Waals surface area contributed by atoms with Crippen LogP contribution in [0.3, 0.4) is 0 Å². The van der Waals surface area contributed by atoms with Crippen molar-refractivity contribution < 1.29 is 19.1 Å². The summed E-state index contributed by atoms with van der Waals surface area (Å²) in [6.07, 6.45) is 0.488. The summed E-state index contributed by atoms with van der Waals surface area (Å²) in [5.74, 6) is -0.433. The molecule has 1 fully saturated rings. The minimum absolute atomic E-state index is 0.0242. The summed E-state index contributed by atoms with van der Waals surface area (Å²) in [5.41, 5.74) is 6.40. The van der Waals surface area contributed by atoms with Gasteiger partial charge in [0.15, 0.2) is 0 Å². The van der Waals surface area contributed by atoms with Crippen molar-refractivity contribution in [2.75, 3.05) is 25.1 Å². The summed E-state index contributed by atoms with van der Waals surface area (Å²) in [6.45, 7) is 3.92. The van der Waals surface area contributed by atoms with Crippen LogP contribution in [0.4, 0.5) is 5.69 Å². The Bertz CT molecular complexity index is 677. The molecule has 0 aromatic heterocycles. The summed E-state index contributed by atoms with van der Waals surface area (Å²) in [4.78, 5) is 38.0. The van der Waals surface area contributed by atoms with Crippen LogP contribution in [0.2, 0.25) is 0 Å². The number of rotatable bonds is 7. The van der Waals surface area contributed by atoms with Crippen molar-refractivity contribution in [1.82, 2.24) is 10.6 Å². The third-order valence-electron chi connectivity index (χ3n) is 4.36. The predicted molar refractivity (Wildman–Crippen MR) is 97.7 cm³/mol. The highest BCUT2D eigenvalue weighted by molar-refractivity contribution is 6.02. The van der Waals surface area contributed by atoms with E-state index in [1.54, 1.807) is 24.1 Å². The van der Waals surface area contributed by atoms with E-state index in [0.717, 1.165) is 0 Å². The van der Waals surface area contributed by atoms with Crippen LogP contribution in [0.1, 0.15) is 20.3 Å². The third-order valence-corrected chi connectivity index (χ3v) is 4.36. The summed E-state index contributed by atoms with van der Waals surface area (Å²) in [6, 6.07) is 5.94. The normalized spacial score (nSPS) is 18.0. The van der Waals surface area contributed by atoms with Crippen molar-refractivity contribution in [3.8, 4) is 5.75 Å². The highest BCUT2D eigenvalue weighted by atomic mass is 16.5. The molecule has 1 aromatic rings. The molecule has 0 spiro atoms. The van der Waals surface area contributed by atoms with E-state index in [0.29, 0.717) is 24.4 Å². The van der Waals surface area contributed by atoms with Crippen molar-refractivity contribution in [2.45, 2.75) is 32.4 Å². The van der Waals surface area contributed by atoms with Crippen LogP contribution in [0.15, 0.2) is 24.3 Å². The van der Waals surface area contributed by atoms with Gasteiger partial charge in [-0.05, 0) is 24.5 Å². The molecule has 8 nitrogen and oxygen atoms in total. The molecular weight excluding hydrogens is 336 g/mol. The summed E-state index contributed by atoms with van der Waals surface area (Å²) in [5, 5.41) is 5.16. The Morgan fingerprint density at radius 2 is 2.04 bits per heavy atom. The SMILES string of the molecule is COc1ccccc1N1CCC(NC(=O)CNC(=O)[C@@H](N)C(C)C)C1=O. The third kappa shape index (κ3) is 4.51. The van der Waals surface area contributed by atoms with Crippen LogP contribution in [0, 0.1) is 5.92 Å². The first-order chi connectivity index (χ1) is 12.3. The van der Waals surface area contributed by atoms with E-state index in [1.165, 1.54) is 0 Å². The fourth-order valence-corrected chi connectivity index (χ4v) is 2.74. The van der Waals surface area contributed by atoms with Crippen molar-refractivity contribution >= 4 is 23.4 Å². The van der Waals surface area contributed by atoms with Crippen molar-refractivity contribution in [1.29, 1.82) is 0 Å². The zero-order chi connectivity index (χ0) is 19.3. The molecule has 4 N–H and O–H groups in total. The number of hydrogen-bond acceptors (Lipinski definition) is 5. The molecule has 26 heavy (non-hydrogen) atoms. The number of carbonyl (C=O) groups excluding carboxylic acids is 3. The molecule has 1 aliphatic rings. The fourth-order valence-electron chi connectivity index (χ4n) is 2.74. The molecule has 0 radical (unpaired) electrons. The van der Waals surface area contributed by atoms with E-state index in [4.69, 9.17) is 10.5 Å². The van der Waals surface area contributed by atoms with Crippen LogP contribution in [0.5, 0.6) is 5.75 Å². The molecule has 1 aromatic carbocycles. The van der Waals surface area contributed by atoms with Gasteiger partial charge in [0.2, 0.25) is 17.7 Å². The fraction of sp³-hybridized carbons (Fsp3) is 0.500. The van der Waals surface area contributed by atoms with Crippen LogP contribution >= 0.6 is 0 Å². The second-order valence-corrected chi connectivity index (χ2v) is 6.56. The second-order valence-electron chi connectivity index (χ2n) is 6.56. The number of nitrogens with one attached hydrogen (secondary N) is 2. The number of amides is 3. The van der Waals surface area contributed by atoms with Gasteiger partial charge in [-0.25, -0.2) is 0 Å². The highest BCUT2D eigenvalue weighted by Crippen LogP contribution is 2.30. The molecule has 142 valence electrons. The van der Waals surface area contributed by atoms with Gasteiger partial charge in [0.1, 0.15) is 11.8 Å². The van der Waals surface area contributed by atoms with Gasteiger partial charge >= 0.3 is 0 Å². The lowest BCUT2D eigenvalue weighted by atomic mass is 10.1. The molecule has 0 aliphatic carbocycles. The van der Waals surface area contributed by atoms with E-state index >= 15 is 0 Å². The maximum Gasteiger partial charge on any atom is 0.249 e. The molecular formula is C18H26N4O4. The van der Waals surface area contributed by atoms with Gasteiger partial charge in [-0.2, -0.15) is 0 Å². The van der Waals surface area contributed by atoms with Crippen molar-refractivity contribution in [2.24, 2.45) is 11.7 Å². The number of benzene rings is 1. The Balaban J connectivity index is 1.90. The number of hydrogen-bond donors (Lipinski definition) is 3. The average molecular weight is 362 g/mol. The van der Waals surface area contributed by atoms with E-state index in [-0.39, 0.29) is 24.3 Å². The lowest BCUT2D eigenvalue weighted by Gasteiger charge is -2.20. The molecule has 8 heteroatoms. The minimum atomic E-state index is -0.669. The maximum atomic E-state index is 12.6. The van der Waals surface area contributed by atoms with Gasteiger partial charge in [-0.1, -0.05) is 26.0 Å². The Morgan fingerprint density at radius 3 is 2.69 bits per heavy atom. The first-order valence-electron chi connectivity index (χ1n) is 8.62. The van der Waals surface area contributed by atoms with Crippen molar-refractivity contribution in [3.05, 3.63) is 24.3 Å². The molecule has 0 bridgehead atoms. The number of carbonyl (C=O) groups is 3. The quantitative estimate of drug-likeness (QED) is 0.633. The van der Waals surface area contributed by atoms with Gasteiger partial charge in [0, 0.05) is 6.54 Å². The number of nitrogens with zero attached hydrogens (tertiary/aromatic N) is 1. The second kappa shape index (κ2) is 8.66. The van der Waals surface area contributed by atoms with Crippen LogP contribution < -0.4 is 26.0 Å². The van der Waals surface area contributed by atoms with E-state index in [1.807, 2.05) is 26.0 Å². The monoisotopic (exact) mass is 362 g/mol. The lowest BCUT2D eigenvalue weighted by molar-refractivity contribution is -0.128. The number of methoxy groups -OCH3 is 1. The highest BCUT2D eigenvalue weighted by Gasteiger charge is 2.34. The Hall–Kier alpha value is -2.61. The lowest BCUT2D eigenvalue weighted by Crippen LogP contribution is -2.49. The number of nitrogens with two attached hydrogens (primary N) is 1.